The molecular formula is C26H24N6O2. The molecule has 8 nitrogen and oxygen atoms in total. The molecule has 5 rings (SSSR count). The summed E-state index contributed by atoms with van der Waals surface area (Å²) >= 11 is 0. The fourth-order valence-corrected chi connectivity index (χ4v) is 3.84. The summed E-state index contributed by atoms with van der Waals surface area (Å²) in [7, 11) is 0. The van der Waals surface area contributed by atoms with Crippen LogP contribution in [0.3, 0.4) is 0 Å². The molecule has 0 aliphatic rings. The van der Waals surface area contributed by atoms with Gasteiger partial charge in [0.2, 0.25) is 0 Å². The van der Waals surface area contributed by atoms with E-state index in [0.717, 1.165) is 17.8 Å². The number of rotatable bonds is 7. The second kappa shape index (κ2) is 9.29. The van der Waals surface area contributed by atoms with Crippen LogP contribution in [0.5, 0.6) is 0 Å². The number of carbonyl (C=O) groups is 1. The molecule has 4 aromatic heterocycles. The van der Waals surface area contributed by atoms with Gasteiger partial charge in [-0.25, -0.2) is 9.97 Å². The number of fused-ring (bicyclic) bond motifs is 2. The van der Waals surface area contributed by atoms with E-state index in [4.69, 9.17) is 0 Å². The van der Waals surface area contributed by atoms with Crippen molar-refractivity contribution in [2.24, 2.45) is 0 Å². The molecule has 1 atom stereocenters. The van der Waals surface area contributed by atoms with Gasteiger partial charge in [0.25, 0.3) is 11.5 Å². The first-order valence-corrected chi connectivity index (χ1v) is 11.1. The number of nitrogens with one attached hydrogen (secondary N) is 2. The van der Waals surface area contributed by atoms with Crippen molar-refractivity contribution in [2.45, 2.75) is 26.1 Å². The Balaban J connectivity index is 1.24. The minimum absolute atomic E-state index is 0.0841. The van der Waals surface area contributed by atoms with E-state index in [1.807, 2.05) is 47.1 Å². The van der Waals surface area contributed by atoms with Crippen LogP contribution < -0.4 is 16.2 Å². The standard InChI is InChI=1S/C26H24N6O2/c1-18(20-7-3-2-4-8-20)27-14-19-10-11-23-29-21(17-31(23)16-19)15-28-26(34)22-13-25(33)32-12-6-5-9-24(32)30-22/h2-13,16-18,27H,14-15H2,1H3,(H,28,34)/t18-/m0/s1. The molecule has 0 bridgehead atoms. The van der Waals surface area contributed by atoms with Gasteiger partial charge in [-0.15, -0.1) is 0 Å². The smallest absolute Gasteiger partial charge is 0.270 e. The average Bonchev–Trinajstić information content (AvgIpc) is 3.28. The molecule has 0 saturated heterocycles. The van der Waals surface area contributed by atoms with Crippen molar-refractivity contribution >= 4 is 17.2 Å². The highest BCUT2D eigenvalue weighted by molar-refractivity contribution is 5.92. The molecule has 0 spiro atoms. The molecule has 0 fully saturated rings. The Kier molecular flexibility index (Phi) is 5.88. The van der Waals surface area contributed by atoms with Gasteiger partial charge in [-0.1, -0.05) is 42.5 Å². The van der Waals surface area contributed by atoms with Crippen molar-refractivity contribution in [3.05, 3.63) is 118 Å². The van der Waals surface area contributed by atoms with Crippen LogP contribution in [0.1, 0.15) is 40.3 Å². The highest BCUT2D eigenvalue weighted by Gasteiger charge is 2.12. The largest absolute Gasteiger partial charge is 0.345 e. The van der Waals surface area contributed by atoms with E-state index in [-0.39, 0.29) is 23.8 Å². The Labute approximate surface area is 195 Å². The molecule has 34 heavy (non-hydrogen) atoms. The van der Waals surface area contributed by atoms with Crippen molar-refractivity contribution < 1.29 is 4.79 Å². The van der Waals surface area contributed by atoms with Gasteiger partial charge in [0.1, 0.15) is 17.0 Å². The zero-order valence-corrected chi connectivity index (χ0v) is 18.7. The summed E-state index contributed by atoms with van der Waals surface area (Å²) in [5, 5.41) is 6.34. The van der Waals surface area contributed by atoms with Gasteiger partial charge in [0.15, 0.2) is 0 Å². The van der Waals surface area contributed by atoms with E-state index in [0.29, 0.717) is 11.3 Å². The Morgan fingerprint density at radius 1 is 0.941 bits per heavy atom. The van der Waals surface area contributed by atoms with Crippen LogP contribution in [0.25, 0.3) is 11.3 Å². The van der Waals surface area contributed by atoms with Gasteiger partial charge in [0, 0.05) is 37.2 Å². The first-order chi connectivity index (χ1) is 16.6. The lowest BCUT2D eigenvalue weighted by molar-refractivity contribution is 0.0945. The normalized spacial score (nSPS) is 12.1. The third-order valence-electron chi connectivity index (χ3n) is 5.71. The summed E-state index contributed by atoms with van der Waals surface area (Å²) in [6.45, 7) is 3.10. The van der Waals surface area contributed by atoms with Gasteiger partial charge in [-0.2, -0.15) is 0 Å². The van der Waals surface area contributed by atoms with E-state index >= 15 is 0 Å². The van der Waals surface area contributed by atoms with Crippen molar-refractivity contribution in [1.82, 2.24) is 29.4 Å². The zero-order chi connectivity index (χ0) is 23.5. The van der Waals surface area contributed by atoms with E-state index in [1.165, 1.54) is 16.0 Å². The van der Waals surface area contributed by atoms with Crippen molar-refractivity contribution in [1.29, 1.82) is 0 Å². The van der Waals surface area contributed by atoms with Crippen molar-refractivity contribution in [3.8, 4) is 0 Å². The maximum atomic E-state index is 12.6. The fourth-order valence-electron chi connectivity index (χ4n) is 3.84. The highest BCUT2D eigenvalue weighted by Crippen LogP contribution is 2.13. The molecular weight excluding hydrogens is 428 g/mol. The second-order valence-corrected chi connectivity index (χ2v) is 8.14. The number of amides is 1. The molecule has 2 N–H and O–H groups in total. The maximum absolute atomic E-state index is 12.6. The van der Waals surface area contributed by atoms with Crippen LogP contribution in [-0.2, 0) is 13.1 Å². The summed E-state index contributed by atoms with van der Waals surface area (Å²) in [6, 6.07) is 21.0. The van der Waals surface area contributed by atoms with Crippen LogP contribution in [0.2, 0.25) is 0 Å². The maximum Gasteiger partial charge on any atom is 0.270 e. The Hall–Kier alpha value is -4.30. The number of nitrogens with zero attached hydrogens (tertiary/aromatic N) is 4. The summed E-state index contributed by atoms with van der Waals surface area (Å²) in [5.41, 5.74) is 4.10. The Morgan fingerprint density at radius 3 is 2.62 bits per heavy atom. The van der Waals surface area contributed by atoms with E-state index < -0.39 is 5.91 Å². The summed E-state index contributed by atoms with van der Waals surface area (Å²) in [4.78, 5) is 33.7. The first kappa shape index (κ1) is 21.5. The lowest BCUT2D eigenvalue weighted by Gasteiger charge is -2.14. The first-order valence-electron chi connectivity index (χ1n) is 11.1. The quantitative estimate of drug-likeness (QED) is 0.396. The van der Waals surface area contributed by atoms with E-state index in [2.05, 4.69) is 39.7 Å². The van der Waals surface area contributed by atoms with Crippen molar-refractivity contribution in [3.63, 3.8) is 0 Å². The molecule has 0 radical (unpaired) electrons. The number of hydrogen-bond donors (Lipinski definition) is 2. The lowest BCUT2D eigenvalue weighted by Crippen LogP contribution is -2.27. The number of hydrogen-bond acceptors (Lipinski definition) is 5. The summed E-state index contributed by atoms with van der Waals surface area (Å²) in [5.74, 6) is -0.416. The molecule has 8 heteroatoms. The van der Waals surface area contributed by atoms with Gasteiger partial charge >= 0.3 is 0 Å². The third-order valence-corrected chi connectivity index (χ3v) is 5.71. The molecule has 1 amide bonds. The number of aromatic nitrogens is 4. The van der Waals surface area contributed by atoms with Crippen molar-refractivity contribution in [2.75, 3.05) is 0 Å². The molecule has 1 aromatic carbocycles. The van der Waals surface area contributed by atoms with Crippen LogP contribution in [0.4, 0.5) is 0 Å². The highest BCUT2D eigenvalue weighted by atomic mass is 16.2. The predicted molar refractivity (Wildman–Crippen MR) is 130 cm³/mol. The fraction of sp³-hybridized carbons (Fsp3) is 0.154. The van der Waals surface area contributed by atoms with E-state index in [9.17, 15) is 9.59 Å². The van der Waals surface area contributed by atoms with Gasteiger partial charge < -0.3 is 15.0 Å². The van der Waals surface area contributed by atoms with Crippen LogP contribution in [0, 0.1) is 0 Å². The third kappa shape index (κ3) is 4.57. The van der Waals surface area contributed by atoms with Gasteiger partial charge in [-0.05, 0) is 36.2 Å². The molecule has 0 aliphatic heterocycles. The van der Waals surface area contributed by atoms with Gasteiger partial charge in [0.05, 0.1) is 12.2 Å². The van der Waals surface area contributed by atoms with Crippen LogP contribution >= 0.6 is 0 Å². The Morgan fingerprint density at radius 2 is 1.76 bits per heavy atom. The zero-order valence-electron chi connectivity index (χ0n) is 18.7. The molecule has 4 heterocycles. The predicted octanol–water partition coefficient (Wildman–Crippen LogP) is 3.12. The lowest BCUT2D eigenvalue weighted by atomic mass is 10.1. The average molecular weight is 453 g/mol. The molecule has 0 saturated carbocycles. The molecule has 0 unspecified atom stereocenters. The summed E-state index contributed by atoms with van der Waals surface area (Å²) < 4.78 is 3.35. The number of pyridine rings is 2. The van der Waals surface area contributed by atoms with Gasteiger partial charge in [-0.3, -0.25) is 14.0 Å². The SMILES string of the molecule is C[C@H](NCc1ccc2nc(CNC(=O)c3cc(=O)n4ccccc4n3)cn2c1)c1ccccc1. The Bertz CT molecular complexity index is 1520. The monoisotopic (exact) mass is 452 g/mol. The number of imidazole rings is 1. The minimum atomic E-state index is -0.416. The second-order valence-electron chi connectivity index (χ2n) is 8.14. The number of carbonyl (C=O) groups excluding carboxylic acids is 1. The summed E-state index contributed by atoms with van der Waals surface area (Å²) in [6.07, 6.45) is 5.54. The molecule has 0 aliphatic carbocycles. The minimum Gasteiger partial charge on any atom is -0.345 e. The van der Waals surface area contributed by atoms with Crippen LogP contribution in [0.15, 0.2) is 90.1 Å². The molecule has 5 aromatic rings. The van der Waals surface area contributed by atoms with Crippen LogP contribution in [-0.4, -0.2) is 24.7 Å². The topological polar surface area (TPSA) is 92.8 Å². The number of benzene rings is 1. The van der Waals surface area contributed by atoms with E-state index in [1.54, 1.807) is 24.4 Å². The molecule has 170 valence electrons.